The average Bonchev–Trinajstić information content (AvgIpc) is 2.70. The third-order valence-electron chi connectivity index (χ3n) is 4.68. The number of pyridine rings is 2. The molecule has 0 saturated heterocycles. The quantitative estimate of drug-likeness (QED) is 0.539. The minimum Gasteiger partial charge on any atom is -0.506 e. The number of rotatable bonds is 3. The van der Waals surface area contributed by atoms with Gasteiger partial charge in [-0.15, -0.1) is 0 Å². The maximum atomic E-state index is 13.2. The van der Waals surface area contributed by atoms with Crippen molar-refractivity contribution in [3.05, 3.63) is 94.5 Å². The molecule has 0 bridgehead atoms. The van der Waals surface area contributed by atoms with Crippen LogP contribution in [0.3, 0.4) is 0 Å². The summed E-state index contributed by atoms with van der Waals surface area (Å²) in [6, 6.07) is 15.2. The van der Waals surface area contributed by atoms with Crippen molar-refractivity contribution in [2.75, 3.05) is 0 Å². The van der Waals surface area contributed by atoms with Crippen LogP contribution in [0.2, 0.25) is 0 Å². The molecule has 0 atom stereocenters. The van der Waals surface area contributed by atoms with E-state index in [2.05, 4.69) is 4.98 Å². The van der Waals surface area contributed by atoms with Crippen molar-refractivity contribution in [2.24, 2.45) is 0 Å². The molecule has 2 heterocycles. The first kappa shape index (κ1) is 18.7. The summed E-state index contributed by atoms with van der Waals surface area (Å²) in [6.07, 6.45) is -1.84. The Morgan fingerprint density at radius 1 is 0.966 bits per heavy atom. The van der Waals surface area contributed by atoms with Crippen molar-refractivity contribution in [1.82, 2.24) is 9.55 Å². The molecule has 0 saturated carbocycles. The standard InChI is InChI=1S/C22H15F3N2O2/c23-22(24,25)16-8-4-7-15(9-16)17-10-18-19(11-26-12-20(18)28)27(21(17)29)13-14-5-2-1-3-6-14/h1-12,28H,13H2. The molecule has 0 fully saturated rings. The SMILES string of the molecule is O=c1c(-c2cccc(C(F)(F)F)c2)cc2c(O)cncc2n1Cc1ccccc1. The monoisotopic (exact) mass is 396 g/mol. The van der Waals surface area contributed by atoms with Gasteiger partial charge >= 0.3 is 6.18 Å². The lowest BCUT2D eigenvalue weighted by Crippen LogP contribution is -2.23. The lowest BCUT2D eigenvalue weighted by Gasteiger charge is -2.15. The molecule has 0 aliphatic heterocycles. The van der Waals surface area contributed by atoms with Crippen molar-refractivity contribution in [1.29, 1.82) is 0 Å². The number of halogens is 3. The van der Waals surface area contributed by atoms with E-state index in [1.165, 1.54) is 35.2 Å². The fourth-order valence-electron chi connectivity index (χ4n) is 3.27. The third-order valence-corrected chi connectivity index (χ3v) is 4.68. The molecular formula is C22H15F3N2O2. The minimum atomic E-state index is -4.53. The number of aromatic hydroxyl groups is 1. The average molecular weight is 396 g/mol. The highest BCUT2D eigenvalue weighted by Gasteiger charge is 2.30. The van der Waals surface area contributed by atoms with E-state index in [0.29, 0.717) is 10.9 Å². The van der Waals surface area contributed by atoms with E-state index in [9.17, 15) is 23.1 Å². The van der Waals surface area contributed by atoms with E-state index in [0.717, 1.165) is 17.7 Å². The summed E-state index contributed by atoms with van der Waals surface area (Å²) >= 11 is 0. The van der Waals surface area contributed by atoms with Crippen LogP contribution in [-0.2, 0) is 12.7 Å². The fraction of sp³-hybridized carbons (Fsp3) is 0.0909. The predicted octanol–water partition coefficient (Wildman–Crippen LogP) is 4.84. The highest BCUT2D eigenvalue weighted by Crippen LogP contribution is 2.33. The van der Waals surface area contributed by atoms with Crippen molar-refractivity contribution in [3.63, 3.8) is 0 Å². The van der Waals surface area contributed by atoms with Gasteiger partial charge in [-0.2, -0.15) is 13.2 Å². The number of alkyl halides is 3. The van der Waals surface area contributed by atoms with Gasteiger partial charge in [0, 0.05) is 10.9 Å². The normalized spacial score (nSPS) is 11.7. The van der Waals surface area contributed by atoms with Crippen molar-refractivity contribution >= 4 is 10.9 Å². The van der Waals surface area contributed by atoms with Crippen LogP contribution in [0.25, 0.3) is 22.0 Å². The maximum Gasteiger partial charge on any atom is 0.416 e. The van der Waals surface area contributed by atoms with Gasteiger partial charge in [0.2, 0.25) is 0 Å². The Bertz CT molecular complexity index is 1250. The van der Waals surface area contributed by atoms with Gasteiger partial charge in [-0.05, 0) is 29.3 Å². The van der Waals surface area contributed by atoms with Crippen LogP contribution in [0.1, 0.15) is 11.1 Å². The van der Waals surface area contributed by atoms with Gasteiger partial charge in [0.1, 0.15) is 5.75 Å². The second kappa shape index (κ2) is 7.09. The Hall–Kier alpha value is -3.61. The van der Waals surface area contributed by atoms with Gasteiger partial charge in [-0.25, -0.2) is 0 Å². The zero-order valence-corrected chi connectivity index (χ0v) is 15.0. The fourth-order valence-corrected chi connectivity index (χ4v) is 3.27. The molecule has 1 N–H and O–H groups in total. The molecule has 0 radical (unpaired) electrons. The summed E-state index contributed by atoms with van der Waals surface area (Å²) in [5.74, 6) is -0.155. The molecule has 29 heavy (non-hydrogen) atoms. The van der Waals surface area contributed by atoms with Gasteiger partial charge in [-0.3, -0.25) is 9.78 Å². The Kier molecular flexibility index (Phi) is 4.58. The lowest BCUT2D eigenvalue weighted by atomic mass is 10.0. The number of aromatic nitrogens is 2. The van der Waals surface area contributed by atoms with Crippen molar-refractivity contribution < 1.29 is 18.3 Å². The summed E-state index contributed by atoms with van der Waals surface area (Å²) in [7, 11) is 0. The van der Waals surface area contributed by atoms with Crippen LogP contribution in [-0.4, -0.2) is 14.7 Å². The summed E-state index contributed by atoms with van der Waals surface area (Å²) in [6.45, 7) is 0.189. The third kappa shape index (κ3) is 3.59. The Morgan fingerprint density at radius 3 is 2.45 bits per heavy atom. The van der Waals surface area contributed by atoms with Crippen LogP contribution < -0.4 is 5.56 Å². The maximum absolute atomic E-state index is 13.2. The molecule has 2 aromatic heterocycles. The molecule has 4 nitrogen and oxygen atoms in total. The summed E-state index contributed by atoms with van der Waals surface area (Å²) in [4.78, 5) is 17.2. The molecule has 0 amide bonds. The smallest absolute Gasteiger partial charge is 0.416 e. The number of hydrogen-bond donors (Lipinski definition) is 1. The van der Waals surface area contributed by atoms with Crippen LogP contribution in [0.15, 0.2) is 77.9 Å². The number of fused-ring (bicyclic) bond motifs is 1. The first-order valence-electron chi connectivity index (χ1n) is 8.76. The van der Waals surface area contributed by atoms with Gasteiger partial charge in [0.05, 0.1) is 30.0 Å². The topological polar surface area (TPSA) is 55.1 Å². The lowest BCUT2D eigenvalue weighted by molar-refractivity contribution is -0.137. The van der Waals surface area contributed by atoms with Crippen LogP contribution in [0.5, 0.6) is 5.75 Å². The number of nitrogens with zero attached hydrogens (tertiary/aromatic N) is 2. The van der Waals surface area contributed by atoms with Crippen LogP contribution >= 0.6 is 0 Å². The van der Waals surface area contributed by atoms with E-state index < -0.39 is 17.3 Å². The Morgan fingerprint density at radius 2 is 1.72 bits per heavy atom. The minimum absolute atomic E-state index is 0.0704. The molecule has 0 aliphatic rings. The summed E-state index contributed by atoms with van der Waals surface area (Å²) in [5.41, 5.74) is 0.122. The van der Waals surface area contributed by atoms with E-state index in [1.54, 1.807) is 0 Å². The second-order valence-corrected chi connectivity index (χ2v) is 6.60. The first-order valence-corrected chi connectivity index (χ1v) is 8.76. The van der Waals surface area contributed by atoms with Gasteiger partial charge in [0.15, 0.2) is 0 Å². The van der Waals surface area contributed by atoms with Gasteiger partial charge in [0.25, 0.3) is 5.56 Å². The van der Waals surface area contributed by atoms with E-state index in [4.69, 9.17) is 0 Å². The summed E-state index contributed by atoms with van der Waals surface area (Å²) in [5, 5.41) is 10.6. The molecular weight excluding hydrogens is 381 g/mol. The zero-order valence-electron chi connectivity index (χ0n) is 15.0. The van der Waals surface area contributed by atoms with Gasteiger partial charge < -0.3 is 9.67 Å². The van der Waals surface area contributed by atoms with Crippen LogP contribution in [0, 0.1) is 0 Å². The van der Waals surface area contributed by atoms with Crippen molar-refractivity contribution in [2.45, 2.75) is 12.7 Å². The molecule has 7 heteroatoms. The first-order chi connectivity index (χ1) is 13.8. The second-order valence-electron chi connectivity index (χ2n) is 6.60. The Balaban J connectivity index is 1.98. The van der Waals surface area contributed by atoms with Crippen molar-refractivity contribution in [3.8, 4) is 16.9 Å². The molecule has 0 unspecified atom stereocenters. The van der Waals surface area contributed by atoms with E-state index in [1.807, 2.05) is 30.3 Å². The molecule has 146 valence electrons. The van der Waals surface area contributed by atoms with Gasteiger partial charge in [-0.1, -0.05) is 42.5 Å². The molecule has 0 spiro atoms. The number of hydrogen-bond acceptors (Lipinski definition) is 3. The highest BCUT2D eigenvalue weighted by atomic mass is 19.4. The Labute approximate surface area is 163 Å². The molecule has 2 aromatic carbocycles. The largest absolute Gasteiger partial charge is 0.506 e. The number of benzene rings is 2. The van der Waals surface area contributed by atoms with E-state index in [-0.39, 0.29) is 23.4 Å². The molecule has 4 aromatic rings. The molecule has 0 aliphatic carbocycles. The highest BCUT2D eigenvalue weighted by molar-refractivity contribution is 5.88. The van der Waals surface area contributed by atoms with E-state index >= 15 is 0 Å². The van der Waals surface area contributed by atoms with Crippen LogP contribution in [0.4, 0.5) is 13.2 Å². The zero-order chi connectivity index (χ0) is 20.6. The molecule has 4 rings (SSSR count). The predicted molar refractivity (Wildman–Crippen MR) is 104 cm³/mol. The summed E-state index contributed by atoms with van der Waals surface area (Å²) < 4.78 is 40.8.